The topological polar surface area (TPSA) is 54.5 Å². The normalized spacial score (nSPS) is 11.0. The molecule has 0 aliphatic rings. The standard InChI is InChI=1S/C21H20N.C5H8O2.Ir/c1-21(2,3)19-12-13-22-20(15-19)18-11-7-10-17(14-18)16-8-5-4-6-9-16;1-4(6)3-5(2)7;/h4-10,12-15H,1-3H3;3,6H,1-2H3;/q-1;;/p+1/b;4-3-;. The molecule has 0 saturated heterocycles. The average Bonchev–Trinajstić information content (AvgIpc) is 2.68. The number of pyridine rings is 1. The molecular formula is C26H29IrNO2. The maximum atomic E-state index is 8.40. The maximum absolute atomic E-state index is 8.40. The van der Waals surface area contributed by atoms with E-state index in [4.69, 9.17) is 9.90 Å². The van der Waals surface area contributed by atoms with Crippen molar-refractivity contribution in [2.45, 2.75) is 40.0 Å². The largest absolute Gasteiger partial charge is 0.512 e. The summed E-state index contributed by atoms with van der Waals surface area (Å²) in [4.78, 5) is 12.9. The molecule has 1 heterocycles. The van der Waals surface area contributed by atoms with Crippen molar-refractivity contribution >= 4 is 5.78 Å². The molecule has 1 radical (unpaired) electrons. The Balaban J connectivity index is 0.000000489. The van der Waals surface area contributed by atoms with Gasteiger partial charge in [-0.3, -0.25) is 4.79 Å². The fourth-order valence-corrected chi connectivity index (χ4v) is 2.77. The summed E-state index contributed by atoms with van der Waals surface area (Å²) in [5.41, 5.74) is 5.82. The zero-order valence-corrected chi connectivity index (χ0v) is 20.5. The number of carbonyl (C=O) groups excluding carboxylic acids is 1. The predicted octanol–water partition coefficient (Wildman–Crippen LogP) is 6.52. The van der Waals surface area contributed by atoms with Gasteiger partial charge in [0.05, 0.1) is 18.8 Å². The van der Waals surface area contributed by atoms with Crippen molar-refractivity contribution in [2.24, 2.45) is 0 Å². The van der Waals surface area contributed by atoms with Crippen molar-refractivity contribution in [3.05, 3.63) is 90.3 Å². The number of allylic oxidation sites excluding steroid dienone is 2. The molecule has 3 rings (SSSR count). The minimum atomic E-state index is 0. The van der Waals surface area contributed by atoms with Crippen LogP contribution >= 0.6 is 0 Å². The van der Waals surface area contributed by atoms with E-state index < -0.39 is 0 Å². The third-order valence-electron chi connectivity index (χ3n) is 4.23. The molecule has 2 N–H and O–H groups in total. The molecule has 3 aromatic rings. The molecule has 159 valence electrons. The quantitative estimate of drug-likeness (QED) is 0.166. The summed E-state index contributed by atoms with van der Waals surface area (Å²) < 4.78 is 0. The van der Waals surface area contributed by atoms with Gasteiger partial charge in [0.1, 0.15) is 0 Å². The molecule has 0 atom stereocenters. The molecule has 4 heteroatoms. The Morgan fingerprint density at radius 2 is 1.67 bits per heavy atom. The van der Waals surface area contributed by atoms with Gasteiger partial charge in [-0.1, -0.05) is 57.2 Å². The average molecular weight is 580 g/mol. The first-order chi connectivity index (χ1) is 13.7. The molecule has 2 aromatic carbocycles. The Hall–Kier alpha value is -2.55. The van der Waals surface area contributed by atoms with E-state index >= 15 is 0 Å². The van der Waals surface area contributed by atoms with Crippen LogP contribution < -0.4 is 0 Å². The van der Waals surface area contributed by atoms with E-state index in [1.165, 1.54) is 36.6 Å². The Bertz CT molecular complexity index is 985. The Labute approximate surface area is 193 Å². The van der Waals surface area contributed by atoms with E-state index in [1.807, 2.05) is 18.3 Å². The number of aromatic nitrogens is 1. The summed E-state index contributed by atoms with van der Waals surface area (Å²) in [5, 5.41) is 8.40. The summed E-state index contributed by atoms with van der Waals surface area (Å²) in [6.07, 6.45) is 3.17. The van der Waals surface area contributed by atoms with Crippen molar-refractivity contribution < 1.29 is 30.0 Å². The smallest absolute Gasteiger partial charge is 0.316 e. The van der Waals surface area contributed by atoms with Gasteiger partial charge in [0.15, 0.2) is 0 Å². The third kappa shape index (κ3) is 8.06. The monoisotopic (exact) mass is 580 g/mol. The van der Waals surface area contributed by atoms with Crippen LogP contribution in [0.2, 0.25) is 0 Å². The second-order valence-electron chi connectivity index (χ2n) is 7.96. The minimum Gasteiger partial charge on any atom is -0.512 e. The van der Waals surface area contributed by atoms with Gasteiger partial charge in [0.2, 0.25) is 0 Å². The number of benzene rings is 2. The van der Waals surface area contributed by atoms with Crippen LogP contribution in [0.1, 0.15) is 40.2 Å². The van der Waals surface area contributed by atoms with Crippen molar-refractivity contribution in [3.63, 3.8) is 0 Å². The number of rotatable bonds is 3. The van der Waals surface area contributed by atoms with Crippen LogP contribution in [-0.2, 0) is 25.5 Å². The molecule has 0 spiro atoms. The van der Waals surface area contributed by atoms with E-state index in [-0.39, 0.29) is 37.1 Å². The van der Waals surface area contributed by atoms with E-state index in [2.05, 4.69) is 80.4 Å². The van der Waals surface area contributed by atoms with Gasteiger partial charge in [0, 0.05) is 26.3 Å². The van der Waals surface area contributed by atoms with Crippen LogP contribution in [0.5, 0.6) is 0 Å². The Morgan fingerprint density at radius 3 is 2.20 bits per heavy atom. The van der Waals surface area contributed by atoms with Gasteiger partial charge in [0.25, 0.3) is 0 Å². The fourth-order valence-electron chi connectivity index (χ4n) is 2.77. The van der Waals surface area contributed by atoms with Crippen LogP contribution in [-0.4, -0.2) is 20.7 Å². The zero-order chi connectivity index (χ0) is 21.4. The number of nitrogens with zero attached hydrogens (tertiary/aromatic N) is 1. The molecule has 0 fully saturated rings. The van der Waals surface area contributed by atoms with Crippen LogP contribution in [0.4, 0.5) is 0 Å². The van der Waals surface area contributed by atoms with Crippen molar-refractivity contribution in [1.82, 2.24) is 4.98 Å². The fraction of sp³-hybridized carbons (Fsp3) is 0.231. The summed E-state index contributed by atoms with van der Waals surface area (Å²) in [6.45, 7) is 9.65. The SMILES string of the molecule is CC(=[OH+])/C=C(/C)O.CC(C)(C)c1ccnc(-c2[c-]ccc(-c3ccccc3)c2)c1.[Ir]. The molecule has 0 amide bonds. The van der Waals surface area contributed by atoms with Gasteiger partial charge in [-0.05, 0) is 35.2 Å². The zero-order valence-electron chi connectivity index (χ0n) is 18.1. The number of aliphatic hydroxyl groups is 1. The van der Waals surface area contributed by atoms with Crippen molar-refractivity contribution in [3.8, 4) is 22.4 Å². The Kier molecular flexibility index (Phi) is 9.84. The molecule has 0 saturated carbocycles. The molecule has 0 bridgehead atoms. The summed E-state index contributed by atoms with van der Waals surface area (Å²) >= 11 is 0. The van der Waals surface area contributed by atoms with Gasteiger partial charge < -0.3 is 10.1 Å². The van der Waals surface area contributed by atoms with Gasteiger partial charge >= 0.3 is 5.78 Å². The first kappa shape index (κ1) is 25.5. The molecule has 3 nitrogen and oxygen atoms in total. The molecule has 0 unspecified atom stereocenters. The molecule has 30 heavy (non-hydrogen) atoms. The van der Waals surface area contributed by atoms with Gasteiger partial charge in [-0.25, -0.2) is 0 Å². The molecule has 0 aliphatic heterocycles. The number of hydrogen-bond acceptors (Lipinski definition) is 2. The predicted molar refractivity (Wildman–Crippen MR) is 122 cm³/mol. The first-order valence-corrected chi connectivity index (χ1v) is 9.60. The molecule has 0 aliphatic carbocycles. The van der Waals surface area contributed by atoms with Crippen LogP contribution in [0, 0.1) is 6.07 Å². The summed E-state index contributed by atoms with van der Waals surface area (Å²) in [7, 11) is 0. The number of aliphatic hydroxyl groups excluding tert-OH is 1. The third-order valence-corrected chi connectivity index (χ3v) is 4.23. The van der Waals surface area contributed by atoms with Crippen LogP contribution in [0.3, 0.4) is 0 Å². The van der Waals surface area contributed by atoms with Crippen LogP contribution in [0.25, 0.3) is 22.4 Å². The van der Waals surface area contributed by atoms with E-state index in [0.29, 0.717) is 0 Å². The Morgan fingerprint density at radius 1 is 1.00 bits per heavy atom. The number of hydrogen-bond donors (Lipinski definition) is 1. The van der Waals surface area contributed by atoms with Gasteiger partial charge in [-0.15, -0.1) is 35.4 Å². The van der Waals surface area contributed by atoms with Crippen LogP contribution in [0.15, 0.2) is 78.7 Å². The number of ketones is 1. The maximum Gasteiger partial charge on any atom is 0.316 e. The van der Waals surface area contributed by atoms with Gasteiger partial charge in [-0.2, -0.15) is 0 Å². The summed E-state index contributed by atoms with van der Waals surface area (Å²) in [5.74, 6) is 0.250. The van der Waals surface area contributed by atoms with E-state index in [9.17, 15) is 0 Å². The van der Waals surface area contributed by atoms with Crippen molar-refractivity contribution in [2.75, 3.05) is 0 Å². The summed E-state index contributed by atoms with van der Waals surface area (Å²) in [6, 6.07) is 24.2. The molecular weight excluding hydrogens is 551 g/mol. The van der Waals surface area contributed by atoms with E-state index in [1.54, 1.807) is 0 Å². The second-order valence-corrected chi connectivity index (χ2v) is 7.96. The van der Waals surface area contributed by atoms with E-state index in [0.717, 1.165) is 11.3 Å². The first-order valence-electron chi connectivity index (χ1n) is 9.60. The minimum absolute atomic E-state index is 0. The molecule has 1 aromatic heterocycles. The second kappa shape index (κ2) is 11.6. The van der Waals surface area contributed by atoms with Crippen molar-refractivity contribution in [1.29, 1.82) is 0 Å².